The van der Waals surface area contributed by atoms with E-state index < -0.39 is 0 Å². The lowest BCUT2D eigenvalue weighted by Crippen LogP contribution is -2.42. The van der Waals surface area contributed by atoms with Crippen molar-refractivity contribution in [3.63, 3.8) is 0 Å². The van der Waals surface area contributed by atoms with Crippen LogP contribution in [0.4, 0.5) is 0 Å². The summed E-state index contributed by atoms with van der Waals surface area (Å²) in [5, 5.41) is 4.14. The predicted molar refractivity (Wildman–Crippen MR) is 116 cm³/mol. The lowest BCUT2D eigenvalue weighted by atomic mass is 9.97. The molecule has 1 aliphatic heterocycles. The van der Waals surface area contributed by atoms with E-state index in [1.807, 2.05) is 4.90 Å². The van der Waals surface area contributed by atoms with Crippen molar-refractivity contribution in [3.05, 3.63) is 27.1 Å². The van der Waals surface area contributed by atoms with Gasteiger partial charge < -0.3 is 10.2 Å². The number of hydrogen-bond acceptors (Lipinski definition) is 5. The SMILES string of the molecule is CCCN(C(=O)CCn1cnc2sc3c(c2c1=O)CCCC3)C1CCNC1.Cl. The van der Waals surface area contributed by atoms with E-state index in [1.54, 1.807) is 22.2 Å². The highest BCUT2D eigenvalue weighted by Gasteiger charge is 2.26. The molecule has 1 aliphatic carbocycles. The maximum Gasteiger partial charge on any atom is 0.262 e. The molecule has 1 unspecified atom stereocenters. The van der Waals surface area contributed by atoms with Gasteiger partial charge in [-0.25, -0.2) is 4.98 Å². The molecule has 1 amide bonds. The van der Waals surface area contributed by atoms with Crippen molar-refractivity contribution < 1.29 is 4.79 Å². The first-order chi connectivity index (χ1) is 13.2. The van der Waals surface area contributed by atoms with Gasteiger partial charge in [0, 0.05) is 37.0 Å². The Morgan fingerprint density at radius 1 is 1.39 bits per heavy atom. The first-order valence-electron chi connectivity index (χ1n) is 10.2. The number of rotatable bonds is 6. The summed E-state index contributed by atoms with van der Waals surface area (Å²) in [6, 6.07) is 0.290. The van der Waals surface area contributed by atoms with Gasteiger partial charge in [0.15, 0.2) is 0 Å². The third kappa shape index (κ3) is 4.11. The summed E-state index contributed by atoms with van der Waals surface area (Å²) in [6.07, 6.45) is 8.34. The van der Waals surface area contributed by atoms with Crippen LogP contribution in [0, 0.1) is 0 Å². The molecule has 1 atom stereocenters. The molecule has 0 saturated carbocycles. The van der Waals surface area contributed by atoms with Crippen LogP contribution in [0.1, 0.15) is 49.5 Å². The number of amides is 1. The number of carbonyl (C=O) groups excluding carboxylic acids is 1. The molecule has 2 aromatic heterocycles. The zero-order valence-electron chi connectivity index (χ0n) is 16.4. The Morgan fingerprint density at radius 2 is 2.21 bits per heavy atom. The van der Waals surface area contributed by atoms with Gasteiger partial charge in [0.2, 0.25) is 5.91 Å². The van der Waals surface area contributed by atoms with Crippen LogP contribution in [0.2, 0.25) is 0 Å². The van der Waals surface area contributed by atoms with E-state index >= 15 is 0 Å². The van der Waals surface area contributed by atoms with Crippen molar-refractivity contribution >= 4 is 39.9 Å². The smallest absolute Gasteiger partial charge is 0.262 e. The van der Waals surface area contributed by atoms with Crippen LogP contribution in [-0.2, 0) is 24.2 Å². The fourth-order valence-corrected chi connectivity index (χ4v) is 5.58. The van der Waals surface area contributed by atoms with Crippen LogP contribution in [0.3, 0.4) is 0 Å². The summed E-state index contributed by atoms with van der Waals surface area (Å²) in [6.45, 7) is 5.15. The second kappa shape index (κ2) is 9.37. The molecule has 0 spiro atoms. The molecule has 2 aliphatic rings. The summed E-state index contributed by atoms with van der Waals surface area (Å²) in [5.41, 5.74) is 1.24. The summed E-state index contributed by atoms with van der Waals surface area (Å²) in [4.78, 5) is 34.6. The van der Waals surface area contributed by atoms with Gasteiger partial charge in [0.25, 0.3) is 5.56 Å². The molecule has 2 aromatic rings. The van der Waals surface area contributed by atoms with Gasteiger partial charge in [-0.2, -0.15) is 0 Å². The minimum absolute atomic E-state index is 0. The maximum atomic E-state index is 13.0. The van der Waals surface area contributed by atoms with Crippen molar-refractivity contribution in [2.75, 3.05) is 19.6 Å². The summed E-state index contributed by atoms with van der Waals surface area (Å²) in [7, 11) is 0. The van der Waals surface area contributed by atoms with Crippen LogP contribution in [-0.4, -0.2) is 46.0 Å². The number of fused-ring (bicyclic) bond motifs is 3. The quantitative estimate of drug-likeness (QED) is 0.774. The maximum absolute atomic E-state index is 13.0. The Hall–Kier alpha value is -1.44. The number of nitrogens with zero attached hydrogens (tertiary/aromatic N) is 3. The molecule has 154 valence electrons. The molecule has 1 fully saturated rings. The van der Waals surface area contributed by atoms with Gasteiger partial charge in [-0.15, -0.1) is 23.7 Å². The summed E-state index contributed by atoms with van der Waals surface area (Å²) >= 11 is 1.67. The minimum atomic E-state index is 0. The summed E-state index contributed by atoms with van der Waals surface area (Å²) in [5.74, 6) is 0.143. The highest BCUT2D eigenvalue weighted by molar-refractivity contribution is 7.18. The molecule has 1 saturated heterocycles. The first-order valence-corrected chi connectivity index (χ1v) is 11.0. The second-order valence-electron chi connectivity index (χ2n) is 7.62. The van der Waals surface area contributed by atoms with Crippen LogP contribution < -0.4 is 10.9 Å². The van der Waals surface area contributed by atoms with E-state index in [0.29, 0.717) is 19.0 Å². The monoisotopic (exact) mass is 424 g/mol. The van der Waals surface area contributed by atoms with Crippen molar-refractivity contribution in [2.45, 2.75) is 64.5 Å². The molecule has 3 heterocycles. The Labute approximate surface area is 175 Å². The zero-order valence-corrected chi connectivity index (χ0v) is 18.0. The standard InChI is InChI=1S/C20H28N4O2S.ClH/c1-2-10-24(14-7-9-21-12-14)17(25)8-11-23-13-22-19-18(20(23)26)15-5-3-4-6-16(15)27-19;/h13-14,21H,2-12H2,1H3;1H. The van der Waals surface area contributed by atoms with Gasteiger partial charge in [-0.05, 0) is 50.6 Å². The van der Waals surface area contributed by atoms with Crippen LogP contribution in [0.25, 0.3) is 10.2 Å². The Balaban J connectivity index is 0.00000225. The van der Waals surface area contributed by atoms with Crippen LogP contribution >= 0.6 is 23.7 Å². The van der Waals surface area contributed by atoms with Crippen molar-refractivity contribution in [1.29, 1.82) is 0 Å². The number of halogens is 1. The molecule has 8 heteroatoms. The molecule has 6 nitrogen and oxygen atoms in total. The average molecular weight is 425 g/mol. The van der Waals surface area contributed by atoms with Crippen LogP contribution in [0.15, 0.2) is 11.1 Å². The molecule has 0 radical (unpaired) electrons. The number of thiophene rings is 1. The molecule has 1 N–H and O–H groups in total. The number of aryl methyl sites for hydroxylation is 3. The van der Waals surface area contributed by atoms with E-state index in [2.05, 4.69) is 17.2 Å². The van der Waals surface area contributed by atoms with Gasteiger partial charge >= 0.3 is 0 Å². The highest BCUT2D eigenvalue weighted by atomic mass is 35.5. The fourth-order valence-electron chi connectivity index (χ4n) is 4.36. The van der Waals surface area contributed by atoms with Crippen molar-refractivity contribution in [3.8, 4) is 0 Å². The first kappa shape index (κ1) is 21.3. The number of nitrogens with one attached hydrogen (secondary N) is 1. The Morgan fingerprint density at radius 3 is 2.96 bits per heavy atom. The van der Waals surface area contributed by atoms with E-state index in [4.69, 9.17) is 0 Å². The number of carbonyl (C=O) groups is 1. The van der Waals surface area contributed by atoms with Gasteiger partial charge in [0.05, 0.1) is 11.7 Å². The molecule has 0 aromatic carbocycles. The second-order valence-corrected chi connectivity index (χ2v) is 8.70. The van der Waals surface area contributed by atoms with E-state index in [-0.39, 0.29) is 23.9 Å². The fraction of sp³-hybridized carbons (Fsp3) is 0.650. The largest absolute Gasteiger partial charge is 0.338 e. The average Bonchev–Trinajstić information content (AvgIpc) is 3.33. The zero-order chi connectivity index (χ0) is 18.8. The number of hydrogen-bond donors (Lipinski definition) is 1. The number of aromatic nitrogens is 2. The molecular formula is C20H29ClN4O2S. The minimum Gasteiger partial charge on any atom is -0.338 e. The van der Waals surface area contributed by atoms with E-state index in [0.717, 1.165) is 62.0 Å². The van der Waals surface area contributed by atoms with E-state index in [9.17, 15) is 9.59 Å². The van der Waals surface area contributed by atoms with Crippen LogP contribution in [0.5, 0.6) is 0 Å². The third-order valence-corrected chi connectivity index (χ3v) is 6.97. The summed E-state index contributed by atoms with van der Waals surface area (Å²) < 4.78 is 1.64. The lowest BCUT2D eigenvalue weighted by molar-refractivity contribution is -0.133. The highest BCUT2D eigenvalue weighted by Crippen LogP contribution is 2.33. The van der Waals surface area contributed by atoms with Crippen molar-refractivity contribution in [1.82, 2.24) is 19.8 Å². The van der Waals surface area contributed by atoms with Gasteiger partial charge in [-0.3, -0.25) is 14.2 Å². The third-order valence-electron chi connectivity index (χ3n) is 5.77. The van der Waals surface area contributed by atoms with Crippen molar-refractivity contribution in [2.24, 2.45) is 0 Å². The molecule has 0 bridgehead atoms. The normalized spacial score (nSPS) is 18.7. The topological polar surface area (TPSA) is 67.2 Å². The Kier molecular flexibility index (Phi) is 7.12. The van der Waals surface area contributed by atoms with E-state index in [1.165, 1.54) is 16.9 Å². The predicted octanol–water partition coefficient (Wildman–Crippen LogP) is 2.75. The molecule has 4 rings (SSSR count). The molecular weight excluding hydrogens is 396 g/mol. The Bertz CT molecular complexity index is 888. The van der Waals surface area contributed by atoms with Gasteiger partial charge in [-0.1, -0.05) is 6.92 Å². The van der Waals surface area contributed by atoms with Gasteiger partial charge in [0.1, 0.15) is 4.83 Å². The lowest BCUT2D eigenvalue weighted by Gasteiger charge is -2.28. The molecule has 28 heavy (non-hydrogen) atoms.